The molecule has 0 fully saturated rings. The predicted octanol–water partition coefficient (Wildman–Crippen LogP) is 2.94. The van der Waals surface area contributed by atoms with Crippen LogP contribution in [-0.4, -0.2) is 31.6 Å². The largest absolute Gasteiger partial charge is 0.399 e. The second kappa shape index (κ2) is 5.62. The molecule has 16 heavy (non-hydrogen) atoms. The van der Waals surface area contributed by atoms with Gasteiger partial charge in [-0.2, -0.15) is 0 Å². The highest BCUT2D eigenvalue weighted by Gasteiger charge is 2.09. The molecule has 1 aromatic rings. The average Bonchev–Trinajstić information content (AvgIpc) is 2.15. The van der Waals surface area contributed by atoms with Gasteiger partial charge in [0.25, 0.3) is 0 Å². The van der Waals surface area contributed by atoms with Crippen LogP contribution in [0.5, 0.6) is 0 Å². The predicted molar refractivity (Wildman–Crippen MR) is 72.5 cm³/mol. The molecule has 1 unspecified atom stereocenters. The number of anilines is 2. The highest BCUT2D eigenvalue weighted by atomic mass is 35.5. The van der Waals surface area contributed by atoms with Gasteiger partial charge in [-0.3, -0.25) is 0 Å². The molecule has 0 saturated carbocycles. The second-order valence-corrected chi connectivity index (χ2v) is 4.87. The maximum atomic E-state index is 6.06. The van der Waals surface area contributed by atoms with Gasteiger partial charge < -0.3 is 16.0 Å². The molecule has 0 aliphatic rings. The van der Waals surface area contributed by atoms with Crippen molar-refractivity contribution in [1.29, 1.82) is 0 Å². The first-order valence-electron chi connectivity index (χ1n) is 5.06. The fourth-order valence-corrected chi connectivity index (χ4v) is 1.83. The van der Waals surface area contributed by atoms with Crippen LogP contribution in [0.15, 0.2) is 12.1 Å². The Labute approximate surface area is 107 Å². The molecule has 90 valence electrons. The van der Waals surface area contributed by atoms with Gasteiger partial charge in [0.15, 0.2) is 0 Å². The number of hydrogen-bond acceptors (Lipinski definition) is 3. The van der Waals surface area contributed by atoms with Crippen LogP contribution in [0.25, 0.3) is 0 Å². The topological polar surface area (TPSA) is 41.3 Å². The molecule has 1 atom stereocenters. The minimum atomic E-state index is 0.393. The normalized spacial score (nSPS) is 12.9. The van der Waals surface area contributed by atoms with E-state index in [9.17, 15) is 0 Å². The molecule has 0 aliphatic carbocycles. The van der Waals surface area contributed by atoms with E-state index in [1.54, 1.807) is 12.1 Å². The number of benzene rings is 1. The van der Waals surface area contributed by atoms with E-state index in [0.717, 1.165) is 12.2 Å². The first kappa shape index (κ1) is 13.4. The number of nitrogens with one attached hydrogen (secondary N) is 1. The molecule has 0 amide bonds. The lowest BCUT2D eigenvalue weighted by Gasteiger charge is -2.21. The SMILES string of the molecule is CC(CNc1c(Cl)cc(N)cc1Cl)N(C)C. The van der Waals surface area contributed by atoms with Crippen molar-refractivity contribution < 1.29 is 0 Å². The van der Waals surface area contributed by atoms with Crippen LogP contribution >= 0.6 is 23.2 Å². The van der Waals surface area contributed by atoms with Crippen molar-refractivity contribution in [3.05, 3.63) is 22.2 Å². The molecule has 3 N–H and O–H groups in total. The van der Waals surface area contributed by atoms with E-state index in [-0.39, 0.29) is 0 Å². The third-order valence-electron chi connectivity index (χ3n) is 2.52. The highest BCUT2D eigenvalue weighted by Crippen LogP contribution is 2.32. The molecular weight excluding hydrogens is 245 g/mol. The van der Waals surface area contributed by atoms with Gasteiger partial charge in [0.1, 0.15) is 0 Å². The van der Waals surface area contributed by atoms with E-state index in [1.165, 1.54) is 0 Å². The van der Waals surface area contributed by atoms with E-state index in [2.05, 4.69) is 17.1 Å². The molecule has 0 aromatic heterocycles. The minimum Gasteiger partial charge on any atom is -0.399 e. The lowest BCUT2D eigenvalue weighted by Crippen LogP contribution is -2.31. The standard InChI is InChI=1S/C11H17Cl2N3/c1-7(16(2)3)6-15-11-9(12)4-8(14)5-10(11)13/h4-5,7,15H,6,14H2,1-3H3. The first-order chi connectivity index (χ1) is 7.41. The number of nitrogens with two attached hydrogens (primary N) is 1. The van der Waals surface area contributed by atoms with Gasteiger partial charge in [0.05, 0.1) is 15.7 Å². The van der Waals surface area contributed by atoms with Crippen molar-refractivity contribution in [3.8, 4) is 0 Å². The Morgan fingerprint density at radius 3 is 2.25 bits per heavy atom. The molecule has 0 bridgehead atoms. The Kier molecular flexibility index (Phi) is 4.71. The van der Waals surface area contributed by atoms with Gasteiger partial charge >= 0.3 is 0 Å². The van der Waals surface area contributed by atoms with Gasteiger partial charge in [0, 0.05) is 18.3 Å². The van der Waals surface area contributed by atoms with Crippen molar-refractivity contribution in [3.63, 3.8) is 0 Å². The lowest BCUT2D eigenvalue weighted by molar-refractivity contribution is 0.326. The molecule has 1 aromatic carbocycles. The summed E-state index contributed by atoms with van der Waals surface area (Å²) in [5, 5.41) is 4.33. The summed E-state index contributed by atoms with van der Waals surface area (Å²) in [5.74, 6) is 0. The first-order valence-corrected chi connectivity index (χ1v) is 5.82. The van der Waals surface area contributed by atoms with Crippen LogP contribution in [0.3, 0.4) is 0 Å². The van der Waals surface area contributed by atoms with E-state index >= 15 is 0 Å². The fourth-order valence-electron chi connectivity index (χ4n) is 1.19. The number of nitrogens with zero attached hydrogens (tertiary/aromatic N) is 1. The summed E-state index contributed by atoms with van der Waals surface area (Å²) in [6.07, 6.45) is 0. The third-order valence-corrected chi connectivity index (χ3v) is 3.12. The van der Waals surface area contributed by atoms with Crippen molar-refractivity contribution in [1.82, 2.24) is 4.90 Å². The molecule has 1 rings (SSSR count). The van der Waals surface area contributed by atoms with Crippen LogP contribution in [0.4, 0.5) is 11.4 Å². The number of rotatable bonds is 4. The zero-order valence-corrected chi connectivity index (χ0v) is 11.2. The van der Waals surface area contributed by atoms with Crippen molar-refractivity contribution in [2.75, 3.05) is 31.7 Å². The summed E-state index contributed by atoms with van der Waals surface area (Å²) in [6, 6.07) is 3.77. The van der Waals surface area contributed by atoms with E-state index < -0.39 is 0 Å². The second-order valence-electron chi connectivity index (χ2n) is 4.05. The number of nitrogen functional groups attached to an aromatic ring is 1. The maximum absolute atomic E-state index is 6.06. The van der Waals surface area contributed by atoms with Crippen molar-refractivity contribution in [2.24, 2.45) is 0 Å². The van der Waals surface area contributed by atoms with Crippen LogP contribution in [0.2, 0.25) is 10.0 Å². The summed E-state index contributed by atoms with van der Waals surface area (Å²) in [6.45, 7) is 2.89. The Balaban J connectivity index is 2.74. The van der Waals surface area contributed by atoms with Crippen LogP contribution in [-0.2, 0) is 0 Å². The Morgan fingerprint density at radius 1 is 1.31 bits per heavy atom. The summed E-state index contributed by atoms with van der Waals surface area (Å²) in [5.41, 5.74) is 6.94. The fraction of sp³-hybridized carbons (Fsp3) is 0.455. The molecular formula is C11H17Cl2N3. The van der Waals surface area contributed by atoms with Crippen LogP contribution in [0, 0.1) is 0 Å². The zero-order chi connectivity index (χ0) is 12.3. The maximum Gasteiger partial charge on any atom is 0.0721 e. The van der Waals surface area contributed by atoms with Crippen LogP contribution < -0.4 is 11.1 Å². The Hall–Kier alpha value is -0.640. The van der Waals surface area contributed by atoms with Gasteiger partial charge in [-0.1, -0.05) is 23.2 Å². The molecule has 0 radical (unpaired) electrons. The Morgan fingerprint density at radius 2 is 1.81 bits per heavy atom. The molecule has 5 heteroatoms. The van der Waals surface area contributed by atoms with Gasteiger partial charge in [-0.15, -0.1) is 0 Å². The average molecular weight is 262 g/mol. The van der Waals surface area contributed by atoms with Gasteiger partial charge in [-0.25, -0.2) is 0 Å². The number of likely N-dealkylation sites (N-methyl/N-ethyl adjacent to an activating group) is 1. The van der Waals surface area contributed by atoms with E-state index in [4.69, 9.17) is 28.9 Å². The van der Waals surface area contributed by atoms with Crippen molar-refractivity contribution in [2.45, 2.75) is 13.0 Å². The molecule has 3 nitrogen and oxygen atoms in total. The molecule has 0 heterocycles. The molecule has 0 saturated heterocycles. The van der Waals surface area contributed by atoms with E-state index in [1.807, 2.05) is 14.1 Å². The number of hydrogen-bond donors (Lipinski definition) is 2. The summed E-state index contributed by atoms with van der Waals surface area (Å²) in [7, 11) is 4.05. The quantitative estimate of drug-likeness (QED) is 0.820. The van der Waals surface area contributed by atoms with E-state index in [0.29, 0.717) is 21.8 Å². The van der Waals surface area contributed by atoms with Gasteiger partial charge in [-0.05, 0) is 33.2 Å². The third kappa shape index (κ3) is 3.44. The van der Waals surface area contributed by atoms with Crippen molar-refractivity contribution >= 4 is 34.6 Å². The Bertz CT molecular complexity index is 343. The number of halogens is 2. The molecule has 0 spiro atoms. The smallest absolute Gasteiger partial charge is 0.0721 e. The van der Waals surface area contributed by atoms with Crippen LogP contribution in [0.1, 0.15) is 6.92 Å². The monoisotopic (exact) mass is 261 g/mol. The summed E-state index contributed by atoms with van der Waals surface area (Å²) >= 11 is 12.1. The van der Waals surface area contributed by atoms with Gasteiger partial charge in [0.2, 0.25) is 0 Å². The zero-order valence-electron chi connectivity index (χ0n) is 9.72. The minimum absolute atomic E-state index is 0.393. The molecule has 0 aliphatic heterocycles. The highest BCUT2D eigenvalue weighted by molar-refractivity contribution is 6.39. The summed E-state index contributed by atoms with van der Waals surface area (Å²) in [4.78, 5) is 2.12. The summed E-state index contributed by atoms with van der Waals surface area (Å²) < 4.78 is 0. The lowest BCUT2D eigenvalue weighted by atomic mass is 10.2.